The molecule has 11 heteroatoms. The van der Waals surface area contributed by atoms with Gasteiger partial charge < -0.3 is 15.0 Å². The summed E-state index contributed by atoms with van der Waals surface area (Å²) in [5.41, 5.74) is 0.554. The summed E-state index contributed by atoms with van der Waals surface area (Å²) in [6.07, 6.45) is 0.955. The summed E-state index contributed by atoms with van der Waals surface area (Å²) in [5, 5.41) is 11.3. The van der Waals surface area contributed by atoms with E-state index < -0.39 is 6.36 Å². The number of nitrogens with zero attached hydrogens (tertiary/aromatic N) is 3. The van der Waals surface area contributed by atoms with Crippen LogP contribution in [0.3, 0.4) is 0 Å². The Kier molecular flexibility index (Phi) is 7.45. The molecular weight excluding hydrogens is 437 g/mol. The van der Waals surface area contributed by atoms with E-state index in [1.54, 1.807) is 0 Å². The number of carbonyl (C=O) groups excluding carboxylic acids is 1. The van der Waals surface area contributed by atoms with E-state index >= 15 is 0 Å². The zero-order chi connectivity index (χ0) is 21.7. The van der Waals surface area contributed by atoms with Crippen LogP contribution in [-0.2, 0) is 4.79 Å². The molecule has 1 heterocycles. The van der Waals surface area contributed by atoms with E-state index in [4.69, 9.17) is 0 Å². The summed E-state index contributed by atoms with van der Waals surface area (Å²) in [5.74, 6) is -0.215. The Hall–Kier alpha value is -2.01. The number of amides is 1. The van der Waals surface area contributed by atoms with Crippen molar-refractivity contribution in [2.24, 2.45) is 0 Å². The number of rotatable bonds is 7. The molecule has 0 aliphatic heterocycles. The van der Waals surface area contributed by atoms with Gasteiger partial charge in [-0.15, -0.1) is 23.4 Å². The van der Waals surface area contributed by atoms with Gasteiger partial charge in [0.05, 0.1) is 5.25 Å². The molecule has 1 saturated carbocycles. The van der Waals surface area contributed by atoms with E-state index in [0.29, 0.717) is 21.2 Å². The molecule has 1 atom stereocenters. The first-order valence-electron chi connectivity index (χ1n) is 9.61. The van der Waals surface area contributed by atoms with Crippen molar-refractivity contribution in [2.45, 2.75) is 61.0 Å². The summed E-state index contributed by atoms with van der Waals surface area (Å²) in [7, 11) is 1.87. The van der Waals surface area contributed by atoms with Crippen LogP contribution in [0.5, 0.6) is 5.75 Å². The van der Waals surface area contributed by atoms with Crippen molar-refractivity contribution in [1.29, 1.82) is 0 Å². The van der Waals surface area contributed by atoms with Gasteiger partial charge in [-0.2, -0.15) is 0 Å². The number of alkyl halides is 3. The second-order valence-electron chi connectivity index (χ2n) is 7.07. The highest BCUT2D eigenvalue weighted by molar-refractivity contribution is 8.02. The third-order valence-electron chi connectivity index (χ3n) is 4.84. The first-order valence-corrected chi connectivity index (χ1v) is 11.3. The lowest BCUT2D eigenvalue weighted by Crippen LogP contribution is -2.42. The number of hydrogen-bond donors (Lipinski definition) is 1. The van der Waals surface area contributed by atoms with Crippen molar-refractivity contribution in [3.8, 4) is 5.75 Å². The summed E-state index contributed by atoms with van der Waals surface area (Å²) >= 11 is 2.64. The van der Waals surface area contributed by atoms with Crippen LogP contribution >= 0.6 is 23.1 Å². The second kappa shape index (κ2) is 9.86. The normalized spacial score (nSPS) is 16.2. The number of anilines is 2. The van der Waals surface area contributed by atoms with Crippen LogP contribution in [0.1, 0.15) is 39.0 Å². The minimum atomic E-state index is -4.72. The average molecular weight is 461 g/mol. The third kappa shape index (κ3) is 6.49. The van der Waals surface area contributed by atoms with Crippen molar-refractivity contribution in [3.05, 3.63) is 24.3 Å². The van der Waals surface area contributed by atoms with Gasteiger partial charge in [0.25, 0.3) is 0 Å². The van der Waals surface area contributed by atoms with Crippen LogP contribution in [0.4, 0.5) is 24.0 Å². The largest absolute Gasteiger partial charge is 0.573 e. The summed E-state index contributed by atoms with van der Waals surface area (Å²) in [6, 6.07) is 5.66. The highest BCUT2D eigenvalue weighted by Gasteiger charge is 2.31. The summed E-state index contributed by atoms with van der Waals surface area (Å²) in [4.78, 5) is 14.6. The maximum atomic E-state index is 12.7. The van der Waals surface area contributed by atoms with Gasteiger partial charge in [0, 0.05) is 18.8 Å². The molecule has 3 rings (SSSR count). The molecule has 2 aromatic rings. The van der Waals surface area contributed by atoms with Crippen LogP contribution in [0, 0.1) is 0 Å². The molecule has 164 valence electrons. The fourth-order valence-electron chi connectivity index (χ4n) is 3.31. The number of nitrogens with one attached hydrogen (secondary N) is 1. The molecule has 0 saturated heterocycles. The Morgan fingerprint density at radius 2 is 1.90 bits per heavy atom. The van der Waals surface area contributed by atoms with Gasteiger partial charge in [0.1, 0.15) is 5.75 Å². The van der Waals surface area contributed by atoms with E-state index in [1.165, 1.54) is 66.6 Å². The number of benzene rings is 1. The Morgan fingerprint density at radius 3 is 2.53 bits per heavy atom. The molecule has 1 aromatic carbocycles. The first kappa shape index (κ1) is 22.7. The van der Waals surface area contributed by atoms with Crippen molar-refractivity contribution in [2.75, 3.05) is 12.4 Å². The zero-order valence-corrected chi connectivity index (χ0v) is 18.2. The van der Waals surface area contributed by atoms with Gasteiger partial charge >= 0.3 is 6.36 Å². The lowest BCUT2D eigenvalue weighted by atomic mass is 9.94. The molecule has 0 radical (unpaired) electrons. The van der Waals surface area contributed by atoms with Crippen molar-refractivity contribution >= 4 is 39.8 Å². The number of aromatic nitrogens is 2. The van der Waals surface area contributed by atoms with Crippen molar-refractivity contribution in [3.63, 3.8) is 0 Å². The highest BCUT2D eigenvalue weighted by atomic mass is 32.2. The molecule has 1 aliphatic carbocycles. The van der Waals surface area contributed by atoms with Gasteiger partial charge in [0.2, 0.25) is 11.0 Å². The smallest absolute Gasteiger partial charge is 0.406 e. The fraction of sp³-hybridized carbons (Fsp3) is 0.526. The van der Waals surface area contributed by atoms with Crippen LogP contribution in [0.2, 0.25) is 0 Å². The average Bonchev–Trinajstić information content (AvgIpc) is 3.14. The van der Waals surface area contributed by atoms with Crippen LogP contribution in [0.15, 0.2) is 28.6 Å². The zero-order valence-electron chi connectivity index (χ0n) is 16.6. The molecule has 1 fully saturated rings. The Morgan fingerprint density at radius 1 is 1.23 bits per heavy atom. The number of thioether (sulfide) groups is 1. The summed E-state index contributed by atoms with van der Waals surface area (Å²) in [6.45, 7) is 1.86. The molecule has 1 N–H and O–H groups in total. The molecule has 1 amide bonds. The number of hydrogen-bond acceptors (Lipinski definition) is 7. The third-order valence-corrected chi connectivity index (χ3v) is 6.85. The Balaban J connectivity index is 1.53. The van der Waals surface area contributed by atoms with E-state index in [-0.39, 0.29) is 16.9 Å². The molecular formula is C19H23F3N4O2S2. The fourth-order valence-corrected chi connectivity index (χ4v) is 5.33. The lowest BCUT2D eigenvalue weighted by molar-refractivity contribution is -0.274. The molecule has 0 bridgehead atoms. The Bertz CT molecular complexity index is 839. The SMILES string of the molecule is C[C@@H](Sc1nnc(Nc2ccc(OC(F)(F)F)cc2)s1)C(=O)N(C)C1CCCCC1. The monoisotopic (exact) mass is 460 g/mol. The minimum Gasteiger partial charge on any atom is -0.406 e. The molecule has 1 aliphatic rings. The topological polar surface area (TPSA) is 67.4 Å². The molecule has 6 nitrogen and oxygen atoms in total. The highest BCUT2D eigenvalue weighted by Crippen LogP contribution is 2.32. The lowest BCUT2D eigenvalue weighted by Gasteiger charge is -2.32. The van der Waals surface area contributed by atoms with Gasteiger partial charge in [0.15, 0.2) is 4.34 Å². The summed E-state index contributed by atoms with van der Waals surface area (Å²) < 4.78 is 41.2. The standard InChI is InChI=1S/C19H23F3N4O2S2/c1-12(16(27)26(2)14-6-4-3-5-7-14)29-18-25-24-17(30-18)23-13-8-10-15(11-9-13)28-19(20,21)22/h8-12,14H,3-7H2,1-2H3,(H,23,24)/t12-/m1/s1. The van der Waals surface area contributed by atoms with Crippen LogP contribution < -0.4 is 10.1 Å². The number of carbonyl (C=O) groups is 1. The van der Waals surface area contributed by atoms with E-state index in [0.717, 1.165) is 12.8 Å². The second-order valence-corrected chi connectivity index (χ2v) is 9.64. The Labute approximate surface area is 181 Å². The van der Waals surface area contributed by atoms with Crippen molar-refractivity contribution in [1.82, 2.24) is 15.1 Å². The minimum absolute atomic E-state index is 0.0804. The predicted molar refractivity (Wildman–Crippen MR) is 111 cm³/mol. The van der Waals surface area contributed by atoms with Crippen molar-refractivity contribution < 1.29 is 22.7 Å². The number of ether oxygens (including phenoxy) is 1. The van der Waals surface area contributed by atoms with Gasteiger partial charge in [-0.3, -0.25) is 4.79 Å². The van der Waals surface area contributed by atoms with Crippen LogP contribution in [-0.4, -0.2) is 45.7 Å². The van der Waals surface area contributed by atoms with Gasteiger partial charge in [-0.1, -0.05) is 42.4 Å². The first-order chi connectivity index (χ1) is 14.2. The molecule has 0 unspecified atom stereocenters. The quantitative estimate of drug-likeness (QED) is 0.554. The maximum Gasteiger partial charge on any atom is 0.573 e. The predicted octanol–water partition coefficient (Wildman–Crippen LogP) is 5.45. The van der Waals surface area contributed by atoms with Gasteiger partial charge in [-0.25, -0.2) is 0 Å². The van der Waals surface area contributed by atoms with E-state index in [1.807, 2.05) is 18.9 Å². The number of halogens is 3. The molecule has 1 aromatic heterocycles. The van der Waals surface area contributed by atoms with E-state index in [2.05, 4.69) is 20.3 Å². The van der Waals surface area contributed by atoms with Crippen LogP contribution in [0.25, 0.3) is 0 Å². The van der Waals surface area contributed by atoms with E-state index in [9.17, 15) is 18.0 Å². The maximum absolute atomic E-state index is 12.7. The molecule has 0 spiro atoms. The molecule has 30 heavy (non-hydrogen) atoms. The van der Waals surface area contributed by atoms with Gasteiger partial charge in [-0.05, 0) is 44.0 Å².